The van der Waals surface area contributed by atoms with Crippen LogP contribution in [-0.2, 0) is 11.3 Å². The molecule has 3 rings (SSSR count). The Morgan fingerprint density at radius 1 is 1.23 bits per heavy atom. The third-order valence-electron chi connectivity index (χ3n) is 4.36. The van der Waals surface area contributed by atoms with Crippen molar-refractivity contribution in [2.45, 2.75) is 19.4 Å². The van der Waals surface area contributed by atoms with Crippen molar-refractivity contribution in [2.75, 3.05) is 25.0 Å². The normalized spacial score (nSPS) is 14.9. The number of amides is 1. The van der Waals surface area contributed by atoms with Crippen molar-refractivity contribution in [1.82, 2.24) is 14.9 Å². The number of piperidine rings is 1. The summed E-state index contributed by atoms with van der Waals surface area (Å²) in [6.07, 6.45) is 4.54. The van der Waals surface area contributed by atoms with E-state index < -0.39 is 0 Å². The lowest BCUT2D eigenvalue weighted by Crippen LogP contribution is -2.40. The molecule has 1 aliphatic heterocycles. The van der Waals surface area contributed by atoms with Crippen LogP contribution in [0, 0.1) is 11.7 Å². The standard InChI is InChI=1S/C18H20ClFN4O2/c19-16-17(22-8-7-21-16)23-11-13-5-9-24(10-6-13)18(25)26-12-14-1-3-15(20)4-2-14/h1-4,7-8,13H,5-6,9-12H2,(H,22,23). The van der Waals surface area contributed by atoms with Gasteiger partial charge in [0.2, 0.25) is 0 Å². The van der Waals surface area contributed by atoms with Gasteiger partial charge in [0.1, 0.15) is 12.4 Å². The zero-order chi connectivity index (χ0) is 18.4. The van der Waals surface area contributed by atoms with E-state index in [1.165, 1.54) is 12.1 Å². The lowest BCUT2D eigenvalue weighted by molar-refractivity contribution is 0.0832. The number of carbonyl (C=O) groups excluding carboxylic acids is 1. The molecule has 0 unspecified atom stereocenters. The van der Waals surface area contributed by atoms with Crippen LogP contribution in [-0.4, -0.2) is 40.6 Å². The summed E-state index contributed by atoms with van der Waals surface area (Å²) < 4.78 is 18.2. The molecule has 1 aromatic heterocycles. The number of benzene rings is 1. The molecule has 1 aliphatic rings. The first-order valence-corrected chi connectivity index (χ1v) is 8.86. The van der Waals surface area contributed by atoms with E-state index in [1.54, 1.807) is 29.4 Å². The molecule has 26 heavy (non-hydrogen) atoms. The number of likely N-dealkylation sites (tertiary alicyclic amines) is 1. The molecule has 2 heterocycles. The minimum absolute atomic E-state index is 0.145. The van der Waals surface area contributed by atoms with Crippen LogP contribution in [0.5, 0.6) is 0 Å². The van der Waals surface area contributed by atoms with Gasteiger partial charge in [0, 0.05) is 32.0 Å². The summed E-state index contributed by atoms with van der Waals surface area (Å²) in [6.45, 7) is 2.16. The van der Waals surface area contributed by atoms with Crippen molar-refractivity contribution in [3.8, 4) is 0 Å². The molecule has 0 radical (unpaired) electrons. The molecule has 1 aromatic carbocycles. The monoisotopic (exact) mass is 378 g/mol. The van der Waals surface area contributed by atoms with Crippen molar-refractivity contribution in [2.24, 2.45) is 5.92 Å². The molecule has 1 fully saturated rings. The number of halogens is 2. The number of rotatable bonds is 5. The molecule has 6 nitrogen and oxygen atoms in total. The van der Waals surface area contributed by atoms with E-state index >= 15 is 0 Å². The molecule has 0 saturated carbocycles. The van der Waals surface area contributed by atoms with Gasteiger partial charge >= 0.3 is 6.09 Å². The Bertz CT molecular complexity index is 736. The Labute approximate surface area is 156 Å². The first kappa shape index (κ1) is 18.4. The molecular formula is C18H20ClFN4O2. The topological polar surface area (TPSA) is 67.3 Å². The SMILES string of the molecule is O=C(OCc1ccc(F)cc1)N1CCC(CNc2nccnc2Cl)CC1. The van der Waals surface area contributed by atoms with Gasteiger partial charge in [-0.1, -0.05) is 23.7 Å². The predicted octanol–water partition coefficient (Wildman–Crippen LogP) is 3.73. The van der Waals surface area contributed by atoms with E-state index in [4.69, 9.17) is 16.3 Å². The van der Waals surface area contributed by atoms with Gasteiger partial charge in [0.05, 0.1) is 0 Å². The largest absolute Gasteiger partial charge is 0.445 e. The number of hydrogen-bond acceptors (Lipinski definition) is 5. The van der Waals surface area contributed by atoms with Crippen molar-refractivity contribution in [3.05, 3.63) is 53.2 Å². The number of hydrogen-bond donors (Lipinski definition) is 1. The highest BCUT2D eigenvalue weighted by atomic mass is 35.5. The molecule has 1 N–H and O–H groups in total. The van der Waals surface area contributed by atoms with E-state index in [2.05, 4.69) is 15.3 Å². The molecular weight excluding hydrogens is 359 g/mol. The Morgan fingerprint density at radius 3 is 2.62 bits per heavy atom. The zero-order valence-electron chi connectivity index (χ0n) is 14.2. The minimum atomic E-state index is -0.335. The van der Waals surface area contributed by atoms with Crippen molar-refractivity contribution < 1.29 is 13.9 Å². The number of carbonyl (C=O) groups is 1. The number of nitrogens with zero attached hydrogens (tertiary/aromatic N) is 3. The smallest absolute Gasteiger partial charge is 0.410 e. The summed E-state index contributed by atoms with van der Waals surface area (Å²) in [4.78, 5) is 22.0. The third kappa shape index (κ3) is 5.05. The van der Waals surface area contributed by atoms with Crippen LogP contribution in [0.1, 0.15) is 18.4 Å². The fourth-order valence-corrected chi connectivity index (χ4v) is 2.99. The first-order valence-electron chi connectivity index (χ1n) is 8.48. The third-order valence-corrected chi connectivity index (χ3v) is 4.64. The van der Waals surface area contributed by atoms with Gasteiger partial charge in [-0.2, -0.15) is 0 Å². The Morgan fingerprint density at radius 2 is 1.92 bits per heavy atom. The number of aromatic nitrogens is 2. The second-order valence-electron chi connectivity index (χ2n) is 6.19. The summed E-state index contributed by atoms with van der Waals surface area (Å²) in [5.74, 6) is 0.697. The van der Waals surface area contributed by atoms with Gasteiger partial charge in [-0.15, -0.1) is 0 Å². The average Bonchev–Trinajstić information content (AvgIpc) is 2.67. The lowest BCUT2D eigenvalue weighted by Gasteiger charge is -2.31. The Hall–Kier alpha value is -2.41. The molecule has 8 heteroatoms. The van der Waals surface area contributed by atoms with Crippen LogP contribution in [0.4, 0.5) is 15.0 Å². The maximum absolute atomic E-state index is 12.9. The number of ether oxygens (including phenoxy) is 1. The summed E-state index contributed by atoms with van der Waals surface area (Å²) in [5, 5.41) is 3.56. The van der Waals surface area contributed by atoms with Gasteiger partial charge in [-0.3, -0.25) is 0 Å². The summed E-state index contributed by atoms with van der Waals surface area (Å²) in [7, 11) is 0. The highest BCUT2D eigenvalue weighted by molar-refractivity contribution is 6.31. The van der Waals surface area contributed by atoms with E-state index in [9.17, 15) is 9.18 Å². The van der Waals surface area contributed by atoms with E-state index in [0.717, 1.165) is 24.9 Å². The van der Waals surface area contributed by atoms with Gasteiger partial charge in [-0.25, -0.2) is 19.2 Å². The average molecular weight is 379 g/mol. The van der Waals surface area contributed by atoms with Crippen LogP contribution in [0.15, 0.2) is 36.7 Å². The molecule has 1 amide bonds. The van der Waals surface area contributed by atoms with Crippen LogP contribution >= 0.6 is 11.6 Å². The second kappa shape index (κ2) is 8.80. The van der Waals surface area contributed by atoms with Gasteiger partial charge in [-0.05, 0) is 36.5 Å². The van der Waals surface area contributed by atoms with Crippen molar-refractivity contribution in [1.29, 1.82) is 0 Å². The van der Waals surface area contributed by atoms with Gasteiger partial charge < -0.3 is 15.0 Å². The molecule has 0 bridgehead atoms. The molecule has 138 valence electrons. The van der Waals surface area contributed by atoms with Crippen molar-refractivity contribution >= 4 is 23.5 Å². The highest BCUT2D eigenvalue weighted by Crippen LogP contribution is 2.20. The highest BCUT2D eigenvalue weighted by Gasteiger charge is 2.24. The van der Waals surface area contributed by atoms with Crippen LogP contribution < -0.4 is 5.32 Å². The number of nitrogens with one attached hydrogen (secondary N) is 1. The fraction of sp³-hybridized carbons (Fsp3) is 0.389. The quantitative estimate of drug-likeness (QED) is 0.858. The lowest BCUT2D eigenvalue weighted by atomic mass is 9.97. The first-order chi connectivity index (χ1) is 12.6. The zero-order valence-corrected chi connectivity index (χ0v) is 15.0. The Balaban J connectivity index is 1.39. The van der Waals surface area contributed by atoms with Crippen LogP contribution in [0.3, 0.4) is 0 Å². The Kier molecular flexibility index (Phi) is 6.22. The minimum Gasteiger partial charge on any atom is -0.445 e. The van der Waals surface area contributed by atoms with E-state index in [-0.39, 0.29) is 18.5 Å². The van der Waals surface area contributed by atoms with E-state index in [0.29, 0.717) is 30.0 Å². The molecule has 1 saturated heterocycles. The maximum atomic E-state index is 12.9. The fourth-order valence-electron chi connectivity index (χ4n) is 2.82. The predicted molar refractivity (Wildman–Crippen MR) is 96.4 cm³/mol. The second-order valence-corrected chi connectivity index (χ2v) is 6.55. The maximum Gasteiger partial charge on any atom is 0.410 e. The van der Waals surface area contributed by atoms with Crippen molar-refractivity contribution in [3.63, 3.8) is 0 Å². The van der Waals surface area contributed by atoms with Gasteiger partial charge in [0.15, 0.2) is 11.0 Å². The van der Waals surface area contributed by atoms with E-state index in [1.807, 2.05) is 0 Å². The van der Waals surface area contributed by atoms with Gasteiger partial charge in [0.25, 0.3) is 0 Å². The van der Waals surface area contributed by atoms with Crippen LogP contribution in [0.2, 0.25) is 5.15 Å². The molecule has 0 aliphatic carbocycles. The summed E-state index contributed by atoms with van der Waals surface area (Å²) >= 11 is 5.97. The molecule has 0 atom stereocenters. The van der Waals surface area contributed by atoms with Crippen LogP contribution in [0.25, 0.3) is 0 Å². The molecule has 0 spiro atoms. The molecule has 2 aromatic rings. The summed E-state index contributed by atoms with van der Waals surface area (Å²) in [6, 6.07) is 5.92. The number of anilines is 1. The summed E-state index contributed by atoms with van der Waals surface area (Å²) in [5.41, 5.74) is 0.764.